The molecule has 136 valence electrons. The molecule has 1 aliphatic rings. The molecule has 0 heterocycles. The molecule has 24 heavy (non-hydrogen) atoms. The Bertz CT molecular complexity index is 493. The van der Waals surface area contributed by atoms with Crippen molar-refractivity contribution in [2.75, 3.05) is 38.7 Å². The number of rotatable bonds is 10. The molecule has 1 aromatic carbocycles. The van der Waals surface area contributed by atoms with Crippen LogP contribution in [-0.4, -0.2) is 39.4 Å². The summed E-state index contributed by atoms with van der Waals surface area (Å²) in [6, 6.07) is 7.98. The molecule has 0 aliphatic heterocycles. The van der Waals surface area contributed by atoms with E-state index in [4.69, 9.17) is 9.47 Å². The van der Waals surface area contributed by atoms with Crippen LogP contribution in [0.2, 0.25) is 0 Å². The van der Waals surface area contributed by atoms with Crippen molar-refractivity contribution in [1.29, 1.82) is 0 Å². The molecule has 1 aliphatic carbocycles. The van der Waals surface area contributed by atoms with Gasteiger partial charge >= 0.3 is 0 Å². The average molecular weight is 447 g/mol. The summed E-state index contributed by atoms with van der Waals surface area (Å²) in [6.45, 7) is 5.19. The van der Waals surface area contributed by atoms with Gasteiger partial charge in [0, 0.05) is 45.0 Å². The van der Waals surface area contributed by atoms with Crippen LogP contribution in [0.15, 0.2) is 29.3 Å². The summed E-state index contributed by atoms with van der Waals surface area (Å²) in [5.41, 5.74) is 0.986. The number of methoxy groups -OCH3 is 1. The van der Waals surface area contributed by atoms with E-state index in [0.717, 1.165) is 49.4 Å². The number of ether oxygens (including phenoxy) is 2. The highest BCUT2D eigenvalue weighted by molar-refractivity contribution is 14.0. The minimum absolute atomic E-state index is 0. The van der Waals surface area contributed by atoms with Crippen molar-refractivity contribution in [3.63, 3.8) is 0 Å². The molecule has 0 aromatic heterocycles. The lowest BCUT2D eigenvalue weighted by Gasteiger charge is -2.13. The van der Waals surface area contributed by atoms with E-state index in [-0.39, 0.29) is 24.0 Å². The normalized spacial score (nSPS) is 14.0. The van der Waals surface area contributed by atoms with E-state index in [9.17, 15) is 0 Å². The van der Waals surface area contributed by atoms with Crippen molar-refractivity contribution in [2.24, 2.45) is 10.9 Å². The van der Waals surface area contributed by atoms with Crippen molar-refractivity contribution in [3.05, 3.63) is 24.3 Å². The highest BCUT2D eigenvalue weighted by Gasteiger charge is 2.20. The van der Waals surface area contributed by atoms with Crippen molar-refractivity contribution in [2.45, 2.75) is 32.6 Å². The molecule has 0 spiro atoms. The number of guanidine groups is 1. The molecule has 5 nitrogen and oxygen atoms in total. The maximum atomic E-state index is 5.73. The van der Waals surface area contributed by atoms with E-state index < -0.39 is 0 Å². The van der Waals surface area contributed by atoms with Gasteiger partial charge in [-0.25, -0.2) is 0 Å². The van der Waals surface area contributed by atoms with Gasteiger partial charge in [-0.05, 0) is 31.4 Å². The Morgan fingerprint density at radius 1 is 1.29 bits per heavy atom. The third-order valence-corrected chi connectivity index (χ3v) is 3.71. The fourth-order valence-corrected chi connectivity index (χ4v) is 2.27. The van der Waals surface area contributed by atoms with E-state index in [0.29, 0.717) is 6.61 Å². The molecule has 0 radical (unpaired) electrons. The van der Waals surface area contributed by atoms with Crippen LogP contribution in [0, 0.1) is 5.92 Å². The van der Waals surface area contributed by atoms with Gasteiger partial charge in [0.2, 0.25) is 0 Å². The quantitative estimate of drug-likeness (QED) is 0.247. The minimum Gasteiger partial charge on any atom is -0.493 e. The molecule has 6 heteroatoms. The Labute approximate surface area is 162 Å². The van der Waals surface area contributed by atoms with Gasteiger partial charge in [-0.3, -0.25) is 4.99 Å². The zero-order valence-electron chi connectivity index (χ0n) is 14.7. The summed E-state index contributed by atoms with van der Waals surface area (Å²) >= 11 is 0. The maximum absolute atomic E-state index is 5.73. The molecule has 2 rings (SSSR count). The Hall–Kier alpha value is -1.02. The predicted molar refractivity (Wildman–Crippen MR) is 111 cm³/mol. The van der Waals surface area contributed by atoms with Gasteiger partial charge in [0.25, 0.3) is 0 Å². The third-order valence-electron chi connectivity index (χ3n) is 3.71. The molecule has 1 fully saturated rings. The molecule has 2 N–H and O–H groups in total. The van der Waals surface area contributed by atoms with E-state index in [2.05, 4.69) is 22.5 Å². The second-order valence-corrected chi connectivity index (χ2v) is 5.84. The van der Waals surface area contributed by atoms with Crippen LogP contribution in [-0.2, 0) is 4.74 Å². The van der Waals surface area contributed by atoms with Crippen LogP contribution < -0.4 is 15.4 Å². The zero-order valence-corrected chi connectivity index (χ0v) is 17.0. The first-order chi connectivity index (χ1) is 11.3. The summed E-state index contributed by atoms with van der Waals surface area (Å²) < 4.78 is 10.8. The lowest BCUT2D eigenvalue weighted by Crippen LogP contribution is -2.30. The lowest BCUT2D eigenvalue weighted by atomic mass is 10.3. The number of nitrogens with zero attached hydrogens (tertiary/aromatic N) is 1. The fourth-order valence-electron chi connectivity index (χ4n) is 2.27. The van der Waals surface area contributed by atoms with Crippen LogP contribution in [0.5, 0.6) is 5.75 Å². The van der Waals surface area contributed by atoms with Crippen LogP contribution in [0.1, 0.15) is 32.6 Å². The lowest BCUT2D eigenvalue weighted by molar-refractivity contribution is 0.172. The summed E-state index contributed by atoms with van der Waals surface area (Å²) in [6.07, 6.45) is 4.84. The first-order valence-corrected chi connectivity index (χ1v) is 8.59. The number of aliphatic imine (C=N–C) groups is 1. The van der Waals surface area contributed by atoms with Gasteiger partial charge in [0.05, 0.1) is 6.61 Å². The monoisotopic (exact) mass is 447 g/mol. The van der Waals surface area contributed by atoms with E-state index >= 15 is 0 Å². The van der Waals surface area contributed by atoms with Crippen molar-refractivity contribution < 1.29 is 9.47 Å². The maximum Gasteiger partial charge on any atom is 0.195 e. The summed E-state index contributed by atoms with van der Waals surface area (Å²) in [5.74, 6) is 2.61. The van der Waals surface area contributed by atoms with Crippen molar-refractivity contribution in [3.8, 4) is 5.75 Å². The zero-order chi connectivity index (χ0) is 16.3. The number of anilines is 1. The second-order valence-electron chi connectivity index (χ2n) is 5.84. The van der Waals surface area contributed by atoms with Crippen LogP contribution in [0.3, 0.4) is 0 Å². The average Bonchev–Trinajstić information content (AvgIpc) is 3.36. The standard InChI is InChI=1S/C18H29N3O2.HI/c1-3-19-18(20-11-10-15-8-9-15)21-16-6-4-7-17(14-16)23-13-5-12-22-2;/h4,6-7,14-15H,3,5,8-13H2,1-2H3,(H2,19,20,21);1H. The van der Waals surface area contributed by atoms with Gasteiger partial charge in [0.1, 0.15) is 5.75 Å². The molecule has 0 bridgehead atoms. The Balaban J connectivity index is 0.00000288. The van der Waals surface area contributed by atoms with Crippen LogP contribution in [0.4, 0.5) is 5.69 Å². The molecule has 1 saturated carbocycles. The Morgan fingerprint density at radius 2 is 2.12 bits per heavy atom. The smallest absolute Gasteiger partial charge is 0.195 e. The van der Waals surface area contributed by atoms with E-state index in [1.54, 1.807) is 7.11 Å². The SMILES string of the molecule is CCNC(=NCCC1CC1)Nc1cccc(OCCCOC)c1.I. The Morgan fingerprint density at radius 3 is 2.83 bits per heavy atom. The molecule has 0 unspecified atom stereocenters. The predicted octanol–water partition coefficient (Wildman–Crippen LogP) is 3.90. The molecular formula is C18H30IN3O2. The molecule has 1 aromatic rings. The van der Waals surface area contributed by atoms with Crippen molar-refractivity contribution in [1.82, 2.24) is 5.32 Å². The molecule has 0 atom stereocenters. The highest BCUT2D eigenvalue weighted by atomic mass is 127. The van der Waals surface area contributed by atoms with Gasteiger partial charge in [-0.1, -0.05) is 18.9 Å². The molecule has 0 saturated heterocycles. The third kappa shape index (κ3) is 8.73. The topological polar surface area (TPSA) is 54.9 Å². The number of halogens is 1. The van der Waals surface area contributed by atoms with Crippen LogP contribution >= 0.6 is 24.0 Å². The molecule has 0 amide bonds. The Kier molecular flexibility index (Phi) is 10.8. The van der Waals surface area contributed by atoms with Crippen LogP contribution in [0.25, 0.3) is 0 Å². The summed E-state index contributed by atoms with van der Waals surface area (Å²) in [7, 11) is 1.70. The largest absolute Gasteiger partial charge is 0.493 e. The fraction of sp³-hybridized carbons (Fsp3) is 0.611. The summed E-state index contributed by atoms with van der Waals surface area (Å²) in [4.78, 5) is 4.64. The van der Waals surface area contributed by atoms with Gasteiger partial charge in [-0.2, -0.15) is 0 Å². The second kappa shape index (κ2) is 12.4. The van der Waals surface area contributed by atoms with E-state index in [1.165, 1.54) is 19.3 Å². The first kappa shape index (κ1) is 21.0. The van der Waals surface area contributed by atoms with E-state index in [1.807, 2.05) is 24.3 Å². The number of hydrogen-bond acceptors (Lipinski definition) is 3. The summed E-state index contributed by atoms with van der Waals surface area (Å²) in [5, 5.41) is 6.64. The minimum atomic E-state index is 0. The number of benzene rings is 1. The number of hydrogen-bond donors (Lipinski definition) is 2. The van der Waals surface area contributed by atoms with Crippen molar-refractivity contribution >= 4 is 35.6 Å². The highest BCUT2D eigenvalue weighted by Crippen LogP contribution is 2.32. The first-order valence-electron chi connectivity index (χ1n) is 8.59. The molecular weight excluding hydrogens is 417 g/mol. The number of nitrogens with one attached hydrogen (secondary N) is 2. The van der Waals surface area contributed by atoms with Gasteiger partial charge < -0.3 is 20.1 Å². The van der Waals surface area contributed by atoms with Gasteiger partial charge in [0.15, 0.2) is 5.96 Å². The van der Waals surface area contributed by atoms with Gasteiger partial charge in [-0.15, -0.1) is 24.0 Å².